The van der Waals surface area contributed by atoms with Crippen LogP contribution in [0.3, 0.4) is 0 Å². The summed E-state index contributed by atoms with van der Waals surface area (Å²) in [5, 5.41) is 3.39. The molecule has 1 aromatic carbocycles. The molecule has 0 fully saturated rings. The third kappa shape index (κ3) is 4.91. The molecule has 2 amide bonds. The van der Waals surface area contributed by atoms with Crippen LogP contribution in [0.1, 0.15) is 42.0 Å². The number of ether oxygens (including phenoxy) is 1. The van der Waals surface area contributed by atoms with Crippen LogP contribution in [-0.2, 0) is 19.4 Å². The molecule has 0 unspecified atom stereocenters. The zero-order valence-electron chi connectivity index (χ0n) is 17.6. The Morgan fingerprint density at radius 1 is 1.19 bits per heavy atom. The fraction of sp³-hybridized carbons (Fsp3) is 0.304. The Morgan fingerprint density at radius 3 is 2.81 bits per heavy atom. The third-order valence-electron chi connectivity index (χ3n) is 5.23. The number of aryl methyl sites for hydroxylation is 1. The fourth-order valence-corrected chi connectivity index (χ4v) is 4.49. The number of amides is 2. The molecule has 1 aliphatic rings. The minimum atomic E-state index is -0.181. The first-order valence-electron chi connectivity index (χ1n) is 10.1. The van der Waals surface area contributed by atoms with Crippen LogP contribution < -0.4 is 10.1 Å². The number of hydrogen-bond donors (Lipinski definition) is 1. The van der Waals surface area contributed by atoms with Crippen LogP contribution in [0.15, 0.2) is 42.6 Å². The van der Waals surface area contributed by atoms with Crippen molar-refractivity contribution in [3.63, 3.8) is 0 Å². The van der Waals surface area contributed by atoms with Gasteiger partial charge in [0.05, 0.1) is 18.4 Å². The van der Waals surface area contributed by atoms with Gasteiger partial charge in [-0.25, -0.2) is 4.98 Å². The number of fused-ring (bicyclic) bond motifs is 1. The van der Waals surface area contributed by atoms with Gasteiger partial charge in [0, 0.05) is 49.2 Å². The number of benzene rings is 1. The van der Waals surface area contributed by atoms with E-state index in [2.05, 4.69) is 15.3 Å². The summed E-state index contributed by atoms with van der Waals surface area (Å²) >= 11 is 1.41. The van der Waals surface area contributed by atoms with Crippen molar-refractivity contribution < 1.29 is 14.3 Å². The van der Waals surface area contributed by atoms with E-state index < -0.39 is 0 Å². The molecule has 0 saturated carbocycles. The fourth-order valence-electron chi connectivity index (χ4n) is 3.48. The first kappa shape index (κ1) is 21.0. The number of rotatable bonds is 5. The summed E-state index contributed by atoms with van der Waals surface area (Å²) in [7, 11) is 1.62. The van der Waals surface area contributed by atoms with Crippen LogP contribution in [0, 0.1) is 6.92 Å². The van der Waals surface area contributed by atoms with Crippen molar-refractivity contribution in [2.45, 2.75) is 26.3 Å². The quantitative estimate of drug-likeness (QED) is 0.665. The van der Waals surface area contributed by atoms with Crippen LogP contribution in [-0.4, -0.2) is 46.9 Å². The lowest BCUT2D eigenvalue weighted by atomic mass is 10.2. The lowest BCUT2D eigenvalue weighted by molar-refractivity contribution is 0.0762. The van der Waals surface area contributed by atoms with Crippen molar-refractivity contribution in [2.24, 2.45) is 0 Å². The normalized spacial score (nSPS) is 13.3. The molecule has 1 N–H and O–H groups in total. The molecular formula is C23H24N4O3S. The minimum absolute atomic E-state index is 0.0149. The predicted molar refractivity (Wildman–Crippen MR) is 119 cm³/mol. The number of carbonyl (C=O) groups excluding carboxylic acids is 2. The molecule has 1 aliphatic heterocycles. The van der Waals surface area contributed by atoms with E-state index in [1.54, 1.807) is 13.3 Å². The summed E-state index contributed by atoms with van der Waals surface area (Å²) in [6.07, 6.45) is 2.96. The maximum absolute atomic E-state index is 12.8. The molecular weight excluding hydrogens is 412 g/mol. The highest BCUT2D eigenvalue weighted by Crippen LogP contribution is 2.24. The average molecular weight is 437 g/mol. The van der Waals surface area contributed by atoms with Crippen molar-refractivity contribution in [3.05, 3.63) is 75.0 Å². The van der Waals surface area contributed by atoms with Crippen LogP contribution >= 0.6 is 11.3 Å². The molecule has 0 atom stereocenters. The Kier molecular flexibility index (Phi) is 6.27. The summed E-state index contributed by atoms with van der Waals surface area (Å²) in [5.74, 6) is 0.562. The van der Waals surface area contributed by atoms with Crippen molar-refractivity contribution >= 4 is 23.2 Å². The highest BCUT2D eigenvalue weighted by molar-refractivity contribution is 7.13. The number of thiazole rings is 1. The zero-order valence-corrected chi connectivity index (χ0v) is 18.4. The molecule has 0 saturated heterocycles. The molecule has 0 bridgehead atoms. The van der Waals surface area contributed by atoms with Crippen LogP contribution in [0.25, 0.3) is 0 Å². The molecule has 7 nitrogen and oxygen atoms in total. The molecule has 2 aromatic heterocycles. The van der Waals surface area contributed by atoms with Gasteiger partial charge in [0.25, 0.3) is 11.8 Å². The second-order valence-electron chi connectivity index (χ2n) is 7.40. The van der Waals surface area contributed by atoms with Crippen molar-refractivity contribution in [2.75, 3.05) is 20.2 Å². The van der Waals surface area contributed by atoms with Gasteiger partial charge in [-0.1, -0.05) is 12.1 Å². The van der Waals surface area contributed by atoms with Crippen LogP contribution in [0.2, 0.25) is 0 Å². The molecule has 0 spiro atoms. The lowest BCUT2D eigenvalue weighted by Crippen LogP contribution is -2.33. The van der Waals surface area contributed by atoms with E-state index in [1.165, 1.54) is 11.3 Å². The van der Waals surface area contributed by atoms with Gasteiger partial charge < -0.3 is 15.0 Å². The molecule has 0 aliphatic carbocycles. The number of nitrogens with one attached hydrogen (secondary N) is 1. The van der Waals surface area contributed by atoms with E-state index in [0.29, 0.717) is 43.0 Å². The Labute approximate surface area is 185 Å². The maximum Gasteiger partial charge on any atom is 0.280 e. The Hall–Kier alpha value is -3.26. The van der Waals surface area contributed by atoms with E-state index in [0.717, 1.165) is 27.6 Å². The van der Waals surface area contributed by atoms with Gasteiger partial charge in [0.15, 0.2) is 5.01 Å². The summed E-state index contributed by atoms with van der Waals surface area (Å²) in [6.45, 7) is 3.49. The van der Waals surface area contributed by atoms with Gasteiger partial charge in [-0.3, -0.25) is 14.6 Å². The monoisotopic (exact) mass is 436 g/mol. The Morgan fingerprint density at radius 2 is 2.03 bits per heavy atom. The molecule has 31 heavy (non-hydrogen) atoms. The molecule has 3 heterocycles. The summed E-state index contributed by atoms with van der Waals surface area (Å²) in [4.78, 5) is 37.1. The van der Waals surface area contributed by atoms with Crippen LogP contribution in [0.4, 0.5) is 0 Å². The highest BCUT2D eigenvalue weighted by atomic mass is 32.1. The van der Waals surface area contributed by atoms with Gasteiger partial charge in [-0.05, 0) is 36.8 Å². The number of aromatic nitrogens is 2. The van der Waals surface area contributed by atoms with E-state index in [9.17, 15) is 9.59 Å². The standard InChI is InChI=1S/C23H24N4O3S/c1-15-6-7-17(14-24-15)23(29)27-10-8-19-20(9-11-27)31-22(26-19)21(28)25-13-16-4-3-5-18(12-16)30-2/h3-7,12,14H,8-11,13H2,1-2H3,(H,25,28). The van der Waals surface area contributed by atoms with E-state index in [4.69, 9.17) is 4.74 Å². The zero-order chi connectivity index (χ0) is 21.8. The minimum Gasteiger partial charge on any atom is -0.497 e. The summed E-state index contributed by atoms with van der Waals surface area (Å²) in [6, 6.07) is 11.3. The van der Waals surface area contributed by atoms with E-state index in [1.807, 2.05) is 48.2 Å². The lowest BCUT2D eigenvalue weighted by Gasteiger charge is -2.20. The summed E-state index contributed by atoms with van der Waals surface area (Å²) in [5.41, 5.74) is 3.36. The molecule has 8 heteroatoms. The SMILES string of the molecule is COc1cccc(CNC(=O)c2nc3c(s2)CCN(C(=O)c2ccc(C)nc2)CC3)c1. The average Bonchev–Trinajstić information content (AvgIpc) is 3.10. The number of nitrogens with zero attached hydrogens (tertiary/aromatic N) is 3. The number of hydrogen-bond acceptors (Lipinski definition) is 6. The van der Waals surface area contributed by atoms with E-state index >= 15 is 0 Å². The number of carbonyl (C=O) groups is 2. The van der Waals surface area contributed by atoms with Crippen molar-refractivity contribution in [3.8, 4) is 5.75 Å². The molecule has 3 aromatic rings. The topological polar surface area (TPSA) is 84.4 Å². The van der Waals surface area contributed by atoms with Gasteiger partial charge in [0.2, 0.25) is 0 Å². The van der Waals surface area contributed by atoms with Gasteiger partial charge in [-0.2, -0.15) is 0 Å². The molecule has 0 radical (unpaired) electrons. The van der Waals surface area contributed by atoms with Crippen molar-refractivity contribution in [1.82, 2.24) is 20.2 Å². The smallest absolute Gasteiger partial charge is 0.280 e. The molecule has 160 valence electrons. The number of methoxy groups -OCH3 is 1. The largest absolute Gasteiger partial charge is 0.497 e. The Bertz CT molecular complexity index is 1070. The van der Waals surface area contributed by atoms with Gasteiger partial charge >= 0.3 is 0 Å². The summed E-state index contributed by atoms with van der Waals surface area (Å²) < 4.78 is 5.22. The van der Waals surface area contributed by atoms with Gasteiger partial charge in [-0.15, -0.1) is 11.3 Å². The first-order valence-corrected chi connectivity index (χ1v) is 11.0. The second kappa shape index (κ2) is 9.26. The van der Waals surface area contributed by atoms with Crippen molar-refractivity contribution in [1.29, 1.82) is 0 Å². The van der Waals surface area contributed by atoms with Crippen LogP contribution in [0.5, 0.6) is 5.75 Å². The Balaban J connectivity index is 1.37. The number of pyridine rings is 1. The van der Waals surface area contributed by atoms with Gasteiger partial charge in [0.1, 0.15) is 5.75 Å². The highest BCUT2D eigenvalue weighted by Gasteiger charge is 2.24. The first-order chi connectivity index (χ1) is 15.0. The molecule has 4 rings (SSSR count). The second-order valence-corrected chi connectivity index (χ2v) is 8.49. The maximum atomic E-state index is 12.8. The van der Waals surface area contributed by atoms with E-state index in [-0.39, 0.29) is 11.8 Å². The predicted octanol–water partition coefficient (Wildman–Crippen LogP) is 3.03. The third-order valence-corrected chi connectivity index (χ3v) is 6.39.